The van der Waals surface area contributed by atoms with Crippen molar-refractivity contribution in [3.8, 4) is 0 Å². The molecule has 0 bridgehead atoms. The second-order valence-corrected chi connectivity index (χ2v) is 3.89. The molecule has 2 N–H and O–H groups in total. The molecule has 0 aliphatic carbocycles. The smallest absolute Gasteiger partial charge is 0.256 e. The SMILES string of the molecule is O=CCc1ccccc1C1(O)CCNC1=O. The molecule has 1 aromatic rings. The molecule has 1 saturated heterocycles. The van der Waals surface area contributed by atoms with Gasteiger partial charge >= 0.3 is 0 Å². The van der Waals surface area contributed by atoms with Crippen molar-refractivity contribution in [1.82, 2.24) is 5.32 Å². The van der Waals surface area contributed by atoms with Crippen LogP contribution in [0.5, 0.6) is 0 Å². The van der Waals surface area contributed by atoms with Gasteiger partial charge in [0.25, 0.3) is 5.91 Å². The second-order valence-electron chi connectivity index (χ2n) is 3.89. The summed E-state index contributed by atoms with van der Waals surface area (Å²) in [5.74, 6) is -0.383. The lowest BCUT2D eigenvalue weighted by molar-refractivity contribution is -0.136. The van der Waals surface area contributed by atoms with Crippen LogP contribution in [-0.4, -0.2) is 23.8 Å². The molecule has 0 spiro atoms. The van der Waals surface area contributed by atoms with Crippen LogP contribution < -0.4 is 5.32 Å². The van der Waals surface area contributed by atoms with Crippen molar-refractivity contribution in [2.45, 2.75) is 18.4 Å². The molecule has 1 heterocycles. The van der Waals surface area contributed by atoms with E-state index in [4.69, 9.17) is 0 Å². The van der Waals surface area contributed by atoms with E-state index in [1.807, 2.05) is 0 Å². The molecule has 2 rings (SSSR count). The van der Waals surface area contributed by atoms with Gasteiger partial charge in [-0.3, -0.25) is 4.79 Å². The first kappa shape index (κ1) is 10.8. The lowest BCUT2D eigenvalue weighted by Crippen LogP contribution is -2.36. The van der Waals surface area contributed by atoms with Crippen LogP contribution in [-0.2, 0) is 21.6 Å². The zero-order valence-corrected chi connectivity index (χ0v) is 8.77. The first-order chi connectivity index (χ1) is 7.68. The minimum atomic E-state index is -1.47. The molecular weight excluding hydrogens is 206 g/mol. The fourth-order valence-electron chi connectivity index (χ4n) is 2.07. The Kier molecular flexibility index (Phi) is 2.75. The highest BCUT2D eigenvalue weighted by molar-refractivity contribution is 5.88. The molecule has 4 heteroatoms. The van der Waals surface area contributed by atoms with Gasteiger partial charge in [0.2, 0.25) is 0 Å². The normalized spacial score (nSPS) is 24.2. The van der Waals surface area contributed by atoms with Crippen LogP contribution in [0.4, 0.5) is 0 Å². The number of benzene rings is 1. The third kappa shape index (κ3) is 1.61. The number of nitrogens with one attached hydrogen (secondary N) is 1. The maximum absolute atomic E-state index is 11.6. The van der Waals surface area contributed by atoms with Crippen molar-refractivity contribution in [1.29, 1.82) is 0 Å². The Hall–Kier alpha value is -1.68. The lowest BCUT2D eigenvalue weighted by Gasteiger charge is -2.22. The largest absolute Gasteiger partial charge is 0.375 e. The first-order valence-electron chi connectivity index (χ1n) is 5.21. The molecule has 0 aromatic heterocycles. The van der Waals surface area contributed by atoms with E-state index < -0.39 is 5.60 Å². The Morgan fingerprint density at radius 3 is 2.81 bits per heavy atom. The van der Waals surface area contributed by atoms with Gasteiger partial charge in [-0.05, 0) is 11.1 Å². The van der Waals surface area contributed by atoms with Crippen LogP contribution in [0.1, 0.15) is 17.5 Å². The van der Waals surface area contributed by atoms with Crippen LogP contribution >= 0.6 is 0 Å². The number of hydrogen-bond donors (Lipinski definition) is 2. The summed E-state index contributed by atoms with van der Waals surface area (Å²) in [5.41, 5.74) is -0.228. The molecule has 1 aliphatic heterocycles. The Morgan fingerprint density at radius 1 is 1.44 bits per heavy atom. The minimum absolute atomic E-state index is 0.214. The quantitative estimate of drug-likeness (QED) is 0.710. The zero-order chi connectivity index (χ0) is 11.6. The van der Waals surface area contributed by atoms with Gasteiger partial charge in [-0.25, -0.2) is 0 Å². The predicted molar refractivity (Wildman–Crippen MR) is 57.7 cm³/mol. The summed E-state index contributed by atoms with van der Waals surface area (Å²) in [7, 11) is 0. The molecule has 1 atom stereocenters. The Balaban J connectivity index is 2.46. The summed E-state index contributed by atoms with van der Waals surface area (Å²) < 4.78 is 0. The Labute approximate surface area is 93.3 Å². The van der Waals surface area contributed by atoms with E-state index in [9.17, 15) is 14.7 Å². The standard InChI is InChI=1S/C12H13NO3/c14-8-5-9-3-1-2-4-10(9)12(16)6-7-13-11(12)15/h1-4,8,16H,5-7H2,(H,13,15). The highest BCUT2D eigenvalue weighted by Gasteiger charge is 2.42. The van der Waals surface area contributed by atoms with Crippen molar-refractivity contribution in [3.05, 3.63) is 35.4 Å². The molecular formula is C12H13NO3. The third-order valence-electron chi connectivity index (χ3n) is 2.91. The molecule has 1 fully saturated rings. The van der Waals surface area contributed by atoms with Crippen LogP contribution in [0.3, 0.4) is 0 Å². The molecule has 1 aliphatic rings. The predicted octanol–water partition coefficient (Wildman–Crippen LogP) is 0.135. The molecule has 0 saturated carbocycles. The summed E-state index contributed by atoms with van der Waals surface area (Å²) in [6.45, 7) is 0.463. The number of carbonyl (C=O) groups excluding carboxylic acids is 2. The number of amides is 1. The molecule has 1 unspecified atom stereocenters. The van der Waals surface area contributed by atoms with Crippen LogP contribution in [0.2, 0.25) is 0 Å². The van der Waals surface area contributed by atoms with Crippen molar-refractivity contribution >= 4 is 12.2 Å². The summed E-state index contributed by atoms with van der Waals surface area (Å²) in [5, 5.41) is 12.9. The highest BCUT2D eigenvalue weighted by atomic mass is 16.3. The average Bonchev–Trinajstić information content (AvgIpc) is 2.62. The van der Waals surface area contributed by atoms with E-state index in [0.29, 0.717) is 24.1 Å². The molecule has 4 nitrogen and oxygen atoms in total. The maximum Gasteiger partial charge on any atom is 0.256 e. The van der Waals surface area contributed by atoms with Crippen molar-refractivity contribution in [2.24, 2.45) is 0 Å². The van der Waals surface area contributed by atoms with E-state index in [0.717, 1.165) is 6.29 Å². The summed E-state index contributed by atoms with van der Waals surface area (Å²) in [4.78, 5) is 22.1. The van der Waals surface area contributed by atoms with Crippen LogP contribution in [0, 0.1) is 0 Å². The van der Waals surface area contributed by atoms with Gasteiger partial charge in [0, 0.05) is 19.4 Å². The fourth-order valence-corrected chi connectivity index (χ4v) is 2.07. The number of aldehydes is 1. The van der Waals surface area contributed by atoms with Gasteiger partial charge in [-0.15, -0.1) is 0 Å². The first-order valence-corrected chi connectivity index (χ1v) is 5.21. The molecule has 16 heavy (non-hydrogen) atoms. The zero-order valence-electron chi connectivity index (χ0n) is 8.77. The van der Waals surface area contributed by atoms with Gasteiger partial charge in [-0.2, -0.15) is 0 Å². The monoisotopic (exact) mass is 219 g/mol. The van der Waals surface area contributed by atoms with E-state index in [2.05, 4.69) is 5.32 Å². The molecule has 0 radical (unpaired) electrons. The second kappa shape index (κ2) is 4.06. The summed E-state index contributed by atoms with van der Waals surface area (Å²) in [6.07, 6.45) is 1.34. The average molecular weight is 219 g/mol. The lowest BCUT2D eigenvalue weighted by atomic mass is 9.87. The van der Waals surface area contributed by atoms with Gasteiger partial charge < -0.3 is 15.2 Å². The van der Waals surface area contributed by atoms with E-state index in [-0.39, 0.29) is 12.3 Å². The molecule has 84 valence electrons. The van der Waals surface area contributed by atoms with Crippen molar-refractivity contribution in [2.75, 3.05) is 6.54 Å². The molecule has 1 amide bonds. The number of hydrogen-bond acceptors (Lipinski definition) is 3. The Bertz CT molecular complexity index is 430. The van der Waals surface area contributed by atoms with E-state index >= 15 is 0 Å². The van der Waals surface area contributed by atoms with Crippen LogP contribution in [0.25, 0.3) is 0 Å². The van der Waals surface area contributed by atoms with Gasteiger partial charge in [0.05, 0.1) is 0 Å². The van der Waals surface area contributed by atoms with Crippen molar-refractivity contribution < 1.29 is 14.7 Å². The fraction of sp³-hybridized carbons (Fsp3) is 0.333. The van der Waals surface area contributed by atoms with Crippen LogP contribution in [0.15, 0.2) is 24.3 Å². The molecule has 1 aromatic carbocycles. The summed E-state index contributed by atoms with van der Waals surface area (Å²) in [6, 6.07) is 7.00. The van der Waals surface area contributed by atoms with E-state index in [1.54, 1.807) is 24.3 Å². The number of aliphatic hydroxyl groups is 1. The maximum atomic E-state index is 11.6. The van der Waals surface area contributed by atoms with Gasteiger partial charge in [0.15, 0.2) is 5.60 Å². The highest BCUT2D eigenvalue weighted by Crippen LogP contribution is 2.31. The van der Waals surface area contributed by atoms with Crippen molar-refractivity contribution in [3.63, 3.8) is 0 Å². The van der Waals surface area contributed by atoms with E-state index in [1.165, 1.54) is 0 Å². The third-order valence-corrected chi connectivity index (χ3v) is 2.91. The minimum Gasteiger partial charge on any atom is -0.375 e. The number of rotatable bonds is 3. The summed E-state index contributed by atoms with van der Waals surface area (Å²) >= 11 is 0. The topological polar surface area (TPSA) is 66.4 Å². The Morgan fingerprint density at radius 2 is 2.19 bits per heavy atom. The number of carbonyl (C=O) groups is 2. The van der Waals surface area contributed by atoms with Gasteiger partial charge in [0.1, 0.15) is 6.29 Å². The van der Waals surface area contributed by atoms with Gasteiger partial charge in [-0.1, -0.05) is 24.3 Å².